The molecule has 1 fully saturated rings. The predicted molar refractivity (Wildman–Crippen MR) is 91.7 cm³/mol. The van der Waals surface area contributed by atoms with E-state index in [4.69, 9.17) is 4.74 Å². The van der Waals surface area contributed by atoms with Crippen molar-refractivity contribution in [3.8, 4) is 5.75 Å². The zero-order valence-electron chi connectivity index (χ0n) is 14.4. The van der Waals surface area contributed by atoms with Gasteiger partial charge in [0.25, 0.3) is 0 Å². The largest absolute Gasteiger partial charge is 0.508 e. The summed E-state index contributed by atoms with van der Waals surface area (Å²) in [4.78, 5) is 0. The van der Waals surface area contributed by atoms with Crippen molar-refractivity contribution in [2.75, 3.05) is 6.61 Å². The van der Waals surface area contributed by atoms with E-state index in [0.717, 1.165) is 31.2 Å². The Hall–Kier alpha value is -1.14. The zero-order chi connectivity index (χ0) is 17.5. The quantitative estimate of drug-likeness (QED) is 0.464. The standard InChI is InChI=1S/C19H30O5/c1-2-3-4-14(11-20)10-18-19(24-18)17(23)8-6-13-5-7-16(22)15(9-13)12-21/h5,7,9,14,17-23H,2-4,6,8,10-12H2,1H3. The smallest absolute Gasteiger partial charge is 0.121 e. The van der Waals surface area contributed by atoms with Crippen molar-refractivity contribution in [1.29, 1.82) is 0 Å². The Morgan fingerprint density at radius 3 is 2.67 bits per heavy atom. The number of aliphatic hydroxyl groups is 3. The Labute approximate surface area is 143 Å². The topological polar surface area (TPSA) is 93.5 Å². The molecule has 0 bridgehead atoms. The number of epoxide rings is 1. The Morgan fingerprint density at radius 1 is 1.21 bits per heavy atom. The minimum atomic E-state index is -0.521. The first-order valence-electron chi connectivity index (χ1n) is 8.95. The molecule has 0 amide bonds. The van der Waals surface area contributed by atoms with Crippen molar-refractivity contribution in [2.45, 2.75) is 70.4 Å². The van der Waals surface area contributed by atoms with Crippen LogP contribution in [-0.2, 0) is 17.8 Å². The van der Waals surface area contributed by atoms with Gasteiger partial charge in [0.15, 0.2) is 0 Å². The lowest BCUT2D eigenvalue weighted by atomic mass is 9.94. The Balaban J connectivity index is 1.75. The highest BCUT2D eigenvalue weighted by atomic mass is 16.6. The lowest BCUT2D eigenvalue weighted by molar-refractivity contribution is 0.127. The van der Waals surface area contributed by atoms with E-state index in [0.29, 0.717) is 18.4 Å². The van der Waals surface area contributed by atoms with E-state index in [1.807, 2.05) is 0 Å². The molecule has 1 aromatic rings. The normalized spacial score (nSPS) is 22.3. The van der Waals surface area contributed by atoms with Crippen LogP contribution < -0.4 is 0 Å². The monoisotopic (exact) mass is 338 g/mol. The van der Waals surface area contributed by atoms with Crippen molar-refractivity contribution in [3.63, 3.8) is 0 Å². The molecule has 0 saturated carbocycles. The summed E-state index contributed by atoms with van der Waals surface area (Å²) in [7, 11) is 0. The van der Waals surface area contributed by atoms with E-state index < -0.39 is 6.10 Å². The van der Waals surface area contributed by atoms with Gasteiger partial charge in [0.05, 0.1) is 18.8 Å². The first-order valence-corrected chi connectivity index (χ1v) is 8.95. The van der Waals surface area contributed by atoms with E-state index in [-0.39, 0.29) is 37.1 Å². The third-order valence-electron chi connectivity index (χ3n) is 4.83. The third kappa shape index (κ3) is 5.45. The average Bonchev–Trinajstić information content (AvgIpc) is 3.36. The second-order valence-electron chi connectivity index (χ2n) is 6.79. The number of aromatic hydroxyl groups is 1. The maximum absolute atomic E-state index is 10.3. The number of aliphatic hydroxyl groups excluding tert-OH is 3. The van der Waals surface area contributed by atoms with Gasteiger partial charge in [-0.1, -0.05) is 25.8 Å². The summed E-state index contributed by atoms with van der Waals surface area (Å²) in [5, 5.41) is 38.4. The van der Waals surface area contributed by atoms with Crippen LogP contribution in [0.25, 0.3) is 0 Å². The van der Waals surface area contributed by atoms with Crippen molar-refractivity contribution in [3.05, 3.63) is 29.3 Å². The first kappa shape index (κ1) is 19.2. The van der Waals surface area contributed by atoms with Crippen LogP contribution in [0, 0.1) is 5.92 Å². The molecule has 4 atom stereocenters. The summed E-state index contributed by atoms with van der Waals surface area (Å²) < 4.78 is 5.60. The lowest BCUT2D eigenvalue weighted by Gasteiger charge is -2.13. The van der Waals surface area contributed by atoms with Gasteiger partial charge in [-0.15, -0.1) is 0 Å². The molecule has 1 aliphatic heterocycles. The highest BCUT2D eigenvalue weighted by Gasteiger charge is 2.44. The highest BCUT2D eigenvalue weighted by molar-refractivity contribution is 5.35. The number of aryl methyl sites for hydroxylation is 1. The molecule has 1 aliphatic rings. The molecular weight excluding hydrogens is 308 g/mol. The number of benzene rings is 1. The second-order valence-corrected chi connectivity index (χ2v) is 6.79. The van der Waals surface area contributed by atoms with Crippen LogP contribution in [0.15, 0.2) is 18.2 Å². The predicted octanol–water partition coefficient (Wildman–Crippen LogP) is 2.13. The summed E-state index contributed by atoms with van der Waals surface area (Å²) in [6, 6.07) is 5.14. The van der Waals surface area contributed by atoms with Gasteiger partial charge in [0.1, 0.15) is 11.9 Å². The van der Waals surface area contributed by atoms with Crippen LogP contribution in [0.4, 0.5) is 0 Å². The van der Waals surface area contributed by atoms with Crippen LogP contribution in [0.3, 0.4) is 0 Å². The lowest BCUT2D eigenvalue weighted by Crippen LogP contribution is -2.19. The van der Waals surface area contributed by atoms with Crippen LogP contribution in [-0.4, -0.2) is 45.3 Å². The molecular formula is C19H30O5. The van der Waals surface area contributed by atoms with Crippen LogP contribution in [0.2, 0.25) is 0 Å². The van der Waals surface area contributed by atoms with Crippen molar-refractivity contribution in [1.82, 2.24) is 0 Å². The molecule has 24 heavy (non-hydrogen) atoms. The molecule has 2 rings (SSSR count). The number of hydrogen-bond acceptors (Lipinski definition) is 5. The van der Waals surface area contributed by atoms with Gasteiger partial charge in [-0.3, -0.25) is 0 Å². The van der Waals surface area contributed by atoms with Gasteiger partial charge in [-0.05, 0) is 49.3 Å². The fraction of sp³-hybridized carbons (Fsp3) is 0.684. The Morgan fingerprint density at radius 2 is 2.00 bits per heavy atom. The van der Waals surface area contributed by atoms with Gasteiger partial charge in [-0.2, -0.15) is 0 Å². The summed E-state index contributed by atoms with van der Waals surface area (Å²) in [5.41, 5.74) is 1.48. The van der Waals surface area contributed by atoms with E-state index >= 15 is 0 Å². The fourth-order valence-corrected chi connectivity index (χ4v) is 3.19. The molecule has 4 unspecified atom stereocenters. The molecule has 1 aromatic carbocycles. The minimum Gasteiger partial charge on any atom is -0.508 e. The summed E-state index contributed by atoms with van der Waals surface area (Å²) in [6.45, 7) is 2.12. The minimum absolute atomic E-state index is 0.0572. The maximum atomic E-state index is 10.3. The van der Waals surface area contributed by atoms with E-state index in [1.165, 1.54) is 0 Å². The number of rotatable bonds is 11. The van der Waals surface area contributed by atoms with Gasteiger partial charge in [-0.25, -0.2) is 0 Å². The molecule has 1 saturated heterocycles. The van der Waals surface area contributed by atoms with Crippen LogP contribution >= 0.6 is 0 Å². The molecule has 5 nitrogen and oxygen atoms in total. The van der Waals surface area contributed by atoms with Gasteiger partial charge >= 0.3 is 0 Å². The average molecular weight is 338 g/mol. The first-order chi connectivity index (χ1) is 11.6. The molecule has 136 valence electrons. The van der Waals surface area contributed by atoms with Crippen molar-refractivity contribution in [2.24, 2.45) is 5.92 Å². The Bertz CT molecular complexity index is 505. The molecule has 4 N–H and O–H groups in total. The van der Waals surface area contributed by atoms with Gasteiger partial charge in [0, 0.05) is 12.2 Å². The maximum Gasteiger partial charge on any atom is 0.121 e. The summed E-state index contributed by atoms with van der Waals surface area (Å²) >= 11 is 0. The molecule has 5 heteroatoms. The van der Waals surface area contributed by atoms with Gasteiger partial charge < -0.3 is 25.2 Å². The molecule has 0 radical (unpaired) electrons. The van der Waals surface area contributed by atoms with E-state index in [2.05, 4.69) is 6.92 Å². The Kier molecular flexibility index (Phi) is 7.49. The van der Waals surface area contributed by atoms with E-state index in [9.17, 15) is 20.4 Å². The van der Waals surface area contributed by atoms with Gasteiger partial charge in [0.2, 0.25) is 0 Å². The number of unbranched alkanes of at least 4 members (excludes halogenated alkanes) is 1. The highest BCUT2D eigenvalue weighted by Crippen LogP contribution is 2.34. The molecule has 0 aromatic heterocycles. The molecule has 1 heterocycles. The summed E-state index contributed by atoms with van der Waals surface area (Å²) in [5.74, 6) is 0.353. The SMILES string of the molecule is CCCCC(CO)CC1OC1C(O)CCc1ccc(O)c(CO)c1. The van der Waals surface area contributed by atoms with Crippen molar-refractivity contribution < 1.29 is 25.2 Å². The third-order valence-corrected chi connectivity index (χ3v) is 4.83. The van der Waals surface area contributed by atoms with Crippen molar-refractivity contribution >= 4 is 0 Å². The van der Waals surface area contributed by atoms with Crippen LogP contribution in [0.5, 0.6) is 5.75 Å². The number of ether oxygens (including phenoxy) is 1. The number of hydrogen-bond donors (Lipinski definition) is 4. The summed E-state index contributed by atoms with van der Waals surface area (Å²) in [6.07, 6.45) is 4.70. The van der Waals surface area contributed by atoms with E-state index in [1.54, 1.807) is 18.2 Å². The fourth-order valence-electron chi connectivity index (χ4n) is 3.19. The number of phenols is 1. The second kappa shape index (κ2) is 9.37. The molecule has 0 aliphatic carbocycles. The molecule has 0 spiro atoms. The van der Waals surface area contributed by atoms with Crippen LogP contribution in [0.1, 0.15) is 50.2 Å². The zero-order valence-corrected chi connectivity index (χ0v) is 14.4.